The van der Waals surface area contributed by atoms with Crippen molar-refractivity contribution >= 4 is 35.2 Å². The number of benzene rings is 1. The lowest BCUT2D eigenvalue weighted by Gasteiger charge is -2.13. The highest BCUT2D eigenvalue weighted by Crippen LogP contribution is 2.15. The topological polar surface area (TPSA) is 121 Å². The van der Waals surface area contributed by atoms with Crippen LogP contribution < -0.4 is 10.6 Å². The van der Waals surface area contributed by atoms with Crippen LogP contribution in [0, 0.1) is 11.3 Å². The van der Waals surface area contributed by atoms with Crippen LogP contribution in [0.2, 0.25) is 0 Å². The Balaban J connectivity index is 1.95. The average molecular weight is 367 g/mol. The Morgan fingerprint density at radius 3 is 2.30 bits per heavy atom. The molecule has 2 aromatic rings. The maximum atomic E-state index is 12.2. The van der Waals surface area contributed by atoms with Crippen LogP contribution in [0.3, 0.4) is 0 Å². The van der Waals surface area contributed by atoms with E-state index in [4.69, 9.17) is 14.4 Å². The molecule has 0 saturated heterocycles. The number of nitriles is 1. The van der Waals surface area contributed by atoms with E-state index >= 15 is 0 Å². The van der Waals surface area contributed by atoms with Crippen molar-refractivity contribution in [3.8, 4) is 6.07 Å². The molecule has 0 bridgehead atoms. The molecule has 8 nitrogen and oxygen atoms in total. The van der Waals surface area contributed by atoms with Crippen molar-refractivity contribution in [2.24, 2.45) is 0 Å². The molecule has 1 aromatic heterocycles. The molecular weight excluding hydrogens is 350 g/mol. The first kappa shape index (κ1) is 19.5. The Morgan fingerprint density at radius 1 is 1.15 bits per heavy atom. The molecule has 0 aliphatic carbocycles. The molecule has 0 spiro atoms. The van der Waals surface area contributed by atoms with Gasteiger partial charge >= 0.3 is 5.97 Å². The number of carbonyl (C=O) groups is 3. The van der Waals surface area contributed by atoms with E-state index in [0.29, 0.717) is 17.1 Å². The van der Waals surface area contributed by atoms with Crippen molar-refractivity contribution in [1.82, 2.24) is 0 Å². The van der Waals surface area contributed by atoms with Gasteiger partial charge in [0.05, 0.1) is 6.26 Å². The normalized spacial score (nSPS) is 11.8. The molecule has 0 aliphatic rings. The first-order valence-electron chi connectivity index (χ1n) is 7.94. The highest BCUT2D eigenvalue weighted by Gasteiger charge is 2.21. The second-order valence-electron chi connectivity index (χ2n) is 5.48. The van der Waals surface area contributed by atoms with E-state index in [-0.39, 0.29) is 11.5 Å². The van der Waals surface area contributed by atoms with E-state index in [1.165, 1.54) is 26.2 Å². The molecule has 2 amide bonds. The Kier molecular flexibility index (Phi) is 6.49. The van der Waals surface area contributed by atoms with Crippen LogP contribution in [0.25, 0.3) is 6.08 Å². The van der Waals surface area contributed by atoms with Crippen LogP contribution in [-0.2, 0) is 19.1 Å². The van der Waals surface area contributed by atoms with Gasteiger partial charge in [-0.1, -0.05) is 0 Å². The van der Waals surface area contributed by atoms with Crippen molar-refractivity contribution in [2.45, 2.75) is 20.0 Å². The van der Waals surface area contributed by atoms with Gasteiger partial charge in [0.15, 0.2) is 6.10 Å². The highest BCUT2D eigenvalue weighted by atomic mass is 16.5. The molecule has 0 radical (unpaired) electrons. The Morgan fingerprint density at radius 2 is 1.78 bits per heavy atom. The summed E-state index contributed by atoms with van der Waals surface area (Å²) in [5.74, 6) is -1.38. The smallest absolute Gasteiger partial charge is 0.349 e. The van der Waals surface area contributed by atoms with Gasteiger partial charge in [0.2, 0.25) is 5.91 Å². The molecule has 1 atom stereocenters. The predicted octanol–water partition coefficient (Wildman–Crippen LogP) is 2.72. The monoisotopic (exact) mass is 367 g/mol. The number of ether oxygens (including phenoxy) is 1. The van der Waals surface area contributed by atoms with Gasteiger partial charge in [-0.3, -0.25) is 9.59 Å². The molecule has 8 heteroatoms. The number of amides is 2. The molecule has 2 rings (SSSR count). The summed E-state index contributed by atoms with van der Waals surface area (Å²) in [6.45, 7) is 2.78. The maximum Gasteiger partial charge on any atom is 0.349 e. The van der Waals surface area contributed by atoms with Gasteiger partial charge in [0, 0.05) is 24.4 Å². The van der Waals surface area contributed by atoms with Crippen LogP contribution in [-0.4, -0.2) is 23.9 Å². The fraction of sp³-hybridized carbons (Fsp3) is 0.158. The van der Waals surface area contributed by atoms with E-state index in [1.807, 2.05) is 0 Å². The zero-order chi connectivity index (χ0) is 19.8. The summed E-state index contributed by atoms with van der Waals surface area (Å²) in [6, 6.07) is 11.3. The summed E-state index contributed by atoms with van der Waals surface area (Å²) in [6.07, 6.45) is 1.51. The van der Waals surface area contributed by atoms with Gasteiger partial charge in [0.25, 0.3) is 5.91 Å². The van der Waals surface area contributed by atoms with Crippen LogP contribution in [0.4, 0.5) is 11.4 Å². The number of esters is 1. The fourth-order valence-electron chi connectivity index (χ4n) is 2.01. The molecule has 0 unspecified atom stereocenters. The van der Waals surface area contributed by atoms with Crippen molar-refractivity contribution in [2.75, 3.05) is 10.6 Å². The molecule has 2 N–H and O–H groups in total. The summed E-state index contributed by atoms with van der Waals surface area (Å²) < 4.78 is 10.1. The molecule has 1 heterocycles. The largest absolute Gasteiger partial charge is 0.465 e. The molecule has 0 fully saturated rings. The number of nitrogens with one attached hydrogen (secondary N) is 2. The minimum Gasteiger partial charge on any atom is -0.465 e. The fourth-order valence-corrected chi connectivity index (χ4v) is 2.01. The number of anilines is 2. The minimum atomic E-state index is -1.12. The second kappa shape index (κ2) is 9.01. The van der Waals surface area contributed by atoms with Gasteiger partial charge in [-0.05, 0) is 43.3 Å². The van der Waals surface area contributed by atoms with Crippen molar-refractivity contribution in [3.05, 3.63) is 54.0 Å². The summed E-state index contributed by atoms with van der Waals surface area (Å²) in [4.78, 5) is 35.2. The van der Waals surface area contributed by atoms with Crippen LogP contribution in [0.15, 0.2) is 52.7 Å². The molecule has 138 valence electrons. The van der Waals surface area contributed by atoms with Crippen molar-refractivity contribution in [3.63, 3.8) is 0 Å². The van der Waals surface area contributed by atoms with E-state index in [2.05, 4.69) is 10.6 Å². The lowest BCUT2D eigenvalue weighted by Crippen LogP contribution is -2.30. The Bertz CT molecular complexity index is 892. The van der Waals surface area contributed by atoms with Gasteiger partial charge < -0.3 is 19.8 Å². The number of nitrogens with zero attached hydrogens (tertiary/aromatic N) is 1. The van der Waals surface area contributed by atoms with Crippen molar-refractivity contribution in [1.29, 1.82) is 5.26 Å². The summed E-state index contributed by atoms with van der Waals surface area (Å²) in [7, 11) is 0. The lowest BCUT2D eigenvalue weighted by molar-refractivity contribution is -0.148. The first-order valence-corrected chi connectivity index (χ1v) is 7.94. The molecule has 0 saturated carbocycles. The van der Waals surface area contributed by atoms with E-state index < -0.39 is 18.0 Å². The third kappa shape index (κ3) is 5.86. The van der Waals surface area contributed by atoms with E-state index in [9.17, 15) is 14.4 Å². The second-order valence-corrected chi connectivity index (χ2v) is 5.48. The Hall–Kier alpha value is -3.86. The quantitative estimate of drug-likeness (QED) is 0.460. The summed E-state index contributed by atoms with van der Waals surface area (Å²) in [5, 5.41) is 14.3. The van der Waals surface area contributed by atoms with Gasteiger partial charge in [-0.2, -0.15) is 5.26 Å². The number of carbonyl (C=O) groups excluding carboxylic acids is 3. The maximum absolute atomic E-state index is 12.2. The Labute approximate surface area is 155 Å². The zero-order valence-corrected chi connectivity index (χ0v) is 14.7. The van der Waals surface area contributed by atoms with Gasteiger partial charge in [-0.15, -0.1) is 0 Å². The molecular formula is C19H17N3O5. The molecule has 1 aromatic carbocycles. The third-order valence-corrected chi connectivity index (χ3v) is 3.30. The third-order valence-electron chi connectivity index (χ3n) is 3.30. The lowest BCUT2D eigenvalue weighted by atomic mass is 10.2. The number of furan rings is 1. The minimum absolute atomic E-state index is 0.205. The van der Waals surface area contributed by atoms with Crippen LogP contribution in [0.5, 0.6) is 0 Å². The molecule has 0 aliphatic heterocycles. The predicted molar refractivity (Wildman–Crippen MR) is 97.2 cm³/mol. The van der Waals surface area contributed by atoms with Crippen LogP contribution in [0.1, 0.15) is 19.6 Å². The van der Waals surface area contributed by atoms with E-state index in [1.54, 1.807) is 42.5 Å². The molecule has 27 heavy (non-hydrogen) atoms. The van der Waals surface area contributed by atoms with Gasteiger partial charge in [-0.25, -0.2) is 4.79 Å². The first-order chi connectivity index (χ1) is 12.9. The average Bonchev–Trinajstić information content (AvgIpc) is 3.13. The van der Waals surface area contributed by atoms with E-state index in [0.717, 1.165) is 0 Å². The van der Waals surface area contributed by atoms with Crippen LogP contribution >= 0.6 is 0 Å². The SMILES string of the molecule is CC(=O)Nc1ccc(NC(=O)[C@@H](C)OC(=O)/C(C#N)=C/c2ccco2)cc1. The number of hydrogen-bond acceptors (Lipinski definition) is 6. The number of hydrogen-bond donors (Lipinski definition) is 2. The highest BCUT2D eigenvalue weighted by molar-refractivity contribution is 6.01. The summed E-state index contributed by atoms with van der Waals surface area (Å²) in [5.41, 5.74) is 0.759. The summed E-state index contributed by atoms with van der Waals surface area (Å²) >= 11 is 0. The standard InChI is InChI=1S/C19H17N3O5/c1-12(27-19(25)14(11-20)10-17-4-3-9-26-17)18(24)22-16-7-5-15(6-8-16)21-13(2)23/h3-10,12H,1-2H3,(H,21,23)(H,22,24)/b14-10+/t12-/m1/s1. The zero-order valence-electron chi connectivity index (χ0n) is 14.7. The van der Waals surface area contributed by atoms with Crippen molar-refractivity contribution < 1.29 is 23.5 Å². The number of rotatable bonds is 6. The van der Waals surface area contributed by atoms with Gasteiger partial charge in [0.1, 0.15) is 17.4 Å².